The average molecular weight is 597 g/mol. The van der Waals surface area contributed by atoms with Crippen LogP contribution in [0.3, 0.4) is 0 Å². The van der Waals surface area contributed by atoms with Crippen LogP contribution in [0.5, 0.6) is 0 Å². The molecule has 3 atom stereocenters. The summed E-state index contributed by atoms with van der Waals surface area (Å²) in [6.07, 6.45) is -0.726. The van der Waals surface area contributed by atoms with E-state index in [1.54, 1.807) is 48.5 Å². The molecule has 0 aliphatic carbocycles. The molecule has 0 radical (unpaired) electrons. The summed E-state index contributed by atoms with van der Waals surface area (Å²) in [6.45, 7) is -0.0546. The molecule has 200 valence electrons. The minimum atomic E-state index is -2.09. The van der Waals surface area contributed by atoms with Gasteiger partial charge >= 0.3 is 5.97 Å². The van der Waals surface area contributed by atoms with E-state index in [1.165, 1.54) is 11.8 Å². The molecule has 0 saturated carbocycles. The molecule has 1 fully saturated rings. The number of carboxylic acid groups (broad SMARTS) is 1. The molecule has 4 rings (SSSR count). The molecule has 0 aromatic heterocycles. The number of benzene rings is 3. The number of carbonyl (C=O) groups is 2. The number of aliphatic hydroxyl groups is 1. The van der Waals surface area contributed by atoms with Crippen LogP contribution in [0.2, 0.25) is 0 Å². The third kappa shape index (κ3) is 7.42. The lowest BCUT2D eigenvalue weighted by Gasteiger charge is -2.36. The van der Waals surface area contributed by atoms with E-state index in [9.17, 15) is 19.8 Å². The maximum Gasteiger partial charge on any atom is 0.336 e. The molecule has 11 heteroatoms. The van der Waals surface area contributed by atoms with Crippen molar-refractivity contribution in [2.45, 2.75) is 40.2 Å². The first-order chi connectivity index (χ1) is 18.1. The fraction of sp³-hybridized carbons (Fsp3) is 0.259. The summed E-state index contributed by atoms with van der Waals surface area (Å²) >= 11 is 18.3. The molecule has 3 unspecified atom stereocenters. The van der Waals surface area contributed by atoms with Gasteiger partial charge in [0.25, 0.3) is 9.70 Å². The summed E-state index contributed by atoms with van der Waals surface area (Å²) in [4.78, 5) is 24.2. The largest absolute Gasteiger partial charge is 0.478 e. The molecule has 3 aromatic rings. The Morgan fingerprint density at radius 2 is 1.61 bits per heavy atom. The fourth-order valence-electron chi connectivity index (χ4n) is 3.90. The Balaban J connectivity index is 1.53. The summed E-state index contributed by atoms with van der Waals surface area (Å²) in [5.74, 6) is -1.25. The van der Waals surface area contributed by atoms with Gasteiger partial charge < -0.3 is 25.0 Å². The molecule has 0 spiro atoms. The van der Waals surface area contributed by atoms with Crippen molar-refractivity contribution >= 4 is 64.1 Å². The van der Waals surface area contributed by atoms with Crippen molar-refractivity contribution in [3.63, 3.8) is 0 Å². The summed E-state index contributed by atoms with van der Waals surface area (Å²) in [7, 11) is 0. The van der Waals surface area contributed by atoms with E-state index >= 15 is 0 Å². The van der Waals surface area contributed by atoms with Crippen LogP contribution in [0.1, 0.15) is 45.9 Å². The van der Waals surface area contributed by atoms with Crippen LogP contribution in [-0.2, 0) is 20.9 Å². The second kappa shape index (κ2) is 12.7. The lowest BCUT2D eigenvalue weighted by atomic mass is 10.0. The van der Waals surface area contributed by atoms with Gasteiger partial charge in [-0.15, -0.1) is 11.8 Å². The number of anilines is 1. The fourth-order valence-corrected chi connectivity index (χ4v) is 5.11. The Bertz CT molecular complexity index is 1270. The van der Waals surface area contributed by atoms with E-state index in [2.05, 4.69) is 5.32 Å². The van der Waals surface area contributed by atoms with Crippen molar-refractivity contribution in [1.82, 2.24) is 0 Å². The quantitative estimate of drug-likeness (QED) is 0.201. The zero-order valence-corrected chi connectivity index (χ0v) is 22.9. The summed E-state index contributed by atoms with van der Waals surface area (Å²) in [6, 6.07) is 21.2. The molecule has 0 bridgehead atoms. The Kier molecular flexibility index (Phi) is 9.59. The van der Waals surface area contributed by atoms with Crippen molar-refractivity contribution < 1.29 is 29.3 Å². The average Bonchev–Trinajstić information content (AvgIpc) is 2.91. The third-order valence-electron chi connectivity index (χ3n) is 5.86. The van der Waals surface area contributed by atoms with E-state index < -0.39 is 22.0 Å². The highest BCUT2D eigenvalue weighted by Gasteiger charge is 2.33. The smallest absolute Gasteiger partial charge is 0.336 e. The number of carboxylic acids is 1. The van der Waals surface area contributed by atoms with Gasteiger partial charge in [0.1, 0.15) is 0 Å². The molecule has 3 N–H and O–H groups in total. The molecule has 3 aromatic carbocycles. The van der Waals surface area contributed by atoms with Crippen LogP contribution in [-0.4, -0.2) is 37.7 Å². The number of halogens is 3. The lowest BCUT2D eigenvalue weighted by molar-refractivity contribution is -0.245. The summed E-state index contributed by atoms with van der Waals surface area (Å²) in [5.41, 5.74) is 3.12. The van der Waals surface area contributed by atoms with E-state index in [0.29, 0.717) is 22.8 Å². The molecule has 1 aliphatic heterocycles. The van der Waals surface area contributed by atoms with Crippen molar-refractivity contribution in [2.75, 3.05) is 11.1 Å². The number of aliphatic hydroxyl groups excluding tert-OH is 1. The Morgan fingerprint density at radius 3 is 2.24 bits per heavy atom. The zero-order chi connectivity index (χ0) is 27.3. The topological polar surface area (TPSA) is 105 Å². The molecule has 1 amide bonds. The first-order valence-corrected chi connectivity index (χ1v) is 13.7. The minimum absolute atomic E-state index is 0.0546. The normalized spacial score (nSPS) is 19.6. The van der Waals surface area contributed by atoms with Gasteiger partial charge in [-0.2, -0.15) is 0 Å². The molecule has 1 saturated heterocycles. The van der Waals surface area contributed by atoms with Crippen molar-refractivity contribution in [1.29, 1.82) is 0 Å². The van der Waals surface area contributed by atoms with Crippen molar-refractivity contribution in [2.24, 2.45) is 0 Å². The first kappa shape index (κ1) is 28.7. The standard InChI is InChI=1S/C27H24Cl3NO6S/c28-27(29,30)26(35)31-19-11-9-18(10-12-19)25-36-20(15-38-23-4-2-1-3-21(23)24(33)34)13-22(37-25)17-7-5-16(14-32)6-8-17/h1-12,20,22,25,32H,13-15H2,(H,31,35)(H,33,34). The van der Waals surface area contributed by atoms with Crippen LogP contribution >= 0.6 is 46.6 Å². The Hall–Kier alpha value is -2.30. The van der Waals surface area contributed by atoms with E-state index in [1.807, 2.05) is 24.3 Å². The predicted molar refractivity (Wildman–Crippen MR) is 148 cm³/mol. The minimum Gasteiger partial charge on any atom is -0.478 e. The number of nitrogens with one attached hydrogen (secondary N) is 1. The van der Waals surface area contributed by atoms with Gasteiger partial charge in [0.15, 0.2) is 6.29 Å². The van der Waals surface area contributed by atoms with E-state index in [0.717, 1.165) is 16.7 Å². The second-order valence-corrected chi connectivity index (χ2v) is 11.9. The Labute approximate surface area is 239 Å². The number of hydrogen-bond donors (Lipinski definition) is 3. The first-order valence-electron chi connectivity index (χ1n) is 11.6. The molecular formula is C27H24Cl3NO6S. The van der Waals surface area contributed by atoms with Gasteiger partial charge in [-0.05, 0) is 35.4 Å². The molecule has 38 heavy (non-hydrogen) atoms. The van der Waals surface area contributed by atoms with Gasteiger partial charge in [0.2, 0.25) is 0 Å². The highest BCUT2D eigenvalue weighted by Crippen LogP contribution is 2.40. The summed E-state index contributed by atoms with van der Waals surface area (Å²) in [5, 5.41) is 21.4. The molecule has 1 aliphatic rings. The Morgan fingerprint density at radius 1 is 0.947 bits per heavy atom. The number of alkyl halides is 3. The van der Waals surface area contributed by atoms with E-state index in [-0.39, 0.29) is 24.4 Å². The van der Waals surface area contributed by atoms with Crippen LogP contribution < -0.4 is 5.32 Å². The monoisotopic (exact) mass is 595 g/mol. The molecule has 7 nitrogen and oxygen atoms in total. The SMILES string of the molecule is O=C(O)c1ccccc1SCC1CC(c2ccc(CO)cc2)OC(c2ccc(NC(=O)C(Cl)(Cl)Cl)cc2)O1. The highest BCUT2D eigenvalue weighted by molar-refractivity contribution is 7.99. The molecular weight excluding hydrogens is 573 g/mol. The van der Waals surface area contributed by atoms with Crippen molar-refractivity contribution in [3.8, 4) is 0 Å². The van der Waals surface area contributed by atoms with Crippen molar-refractivity contribution in [3.05, 3.63) is 95.1 Å². The number of ether oxygens (including phenoxy) is 2. The number of aromatic carboxylic acids is 1. The number of amides is 1. The van der Waals surface area contributed by atoms with Gasteiger partial charge in [-0.25, -0.2) is 4.79 Å². The number of thioether (sulfide) groups is 1. The van der Waals surface area contributed by atoms with Crippen LogP contribution in [0.4, 0.5) is 5.69 Å². The van der Waals surface area contributed by atoms with E-state index in [4.69, 9.17) is 44.3 Å². The molecule has 1 heterocycles. The predicted octanol–water partition coefficient (Wildman–Crippen LogP) is 6.52. The van der Waals surface area contributed by atoms with Crippen LogP contribution in [0.15, 0.2) is 77.7 Å². The van der Waals surface area contributed by atoms with Gasteiger partial charge in [-0.1, -0.05) is 83.3 Å². The maximum absolute atomic E-state index is 12.0. The third-order valence-corrected chi connectivity index (χ3v) is 7.58. The number of rotatable bonds is 8. The van der Waals surface area contributed by atoms with Gasteiger partial charge in [0, 0.05) is 28.3 Å². The van der Waals surface area contributed by atoms with Crippen LogP contribution in [0, 0.1) is 0 Å². The van der Waals surface area contributed by atoms with Crippen LogP contribution in [0.25, 0.3) is 0 Å². The zero-order valence-electron chi connectivity index (χ0n) is 19.9. The lowest BCUT2D eigenvalue weighted by Crippen LogP contribution is -2.31. The summed E-state index contributed by atoms with van der Waals surface area (Å²) < 4.78 is 10.5. The maximum atomic E-state index is 12.0. The highest BCUT2D eigenvalue weighted by atomic mass is 35.6. The second-order valence-electron chi connectivity index (χ2n) is 8.54. The van der Waals surface area contributed by atoms with Gasteiger partial charge in [-0.3, -0.25) is 4.79 Å². The van der Waals surface area contributed by atoms with Gasteiger partial charge in [0.05, 0.1) is 24.4 Å². The number of carbonyl (C=O) groups excluding carboxylic acids is 1. The number of hydrogen-bond acceptors (Lipinski definition) is 6.